The lowest BCUT2D eigenvalue weighted by molar-refractivity contribution is 0.463. The number of anilines is 2. The number of aryl methyl sites for hydroxylation is 1. The second kappa shape index (κ2) is 5.80. The summed E-state index contributed by atoms with van der Waals surface area (Å²) in [5.74, 6) is 1.89. The molecular formula is C14H11ClN5O. The molecule has 0 unspecified atom stereocenters. The van der Waals surface area contributed by atoms with E-state index in [0.717, 1.165) is 0 Å². The van der Waals surface area contributed by atoms with Gasteiger partial charge in [-0.2, -0.15) is 10.1 Å². The van der Waals surface area contributed by atoms with Gasteiger partial charge in [0.05, 0.1) is 6.20 Å². The van der Waals surface area contributed by atoms with Crippen molar-refractivity contribution in [2.24, 2.45) is 7.05 Å². The lowest BCUT2D eigenvalue weighted by Crippen LogP contribution is -2.00. The highest BCUT2D eigenvalue weighted by Gasteiger charge is 2.09. The quantitative estimate of drug-likeness (QED) is 0.801. The molecule has 3 rings (SSSR count). The number of nitrogens with one attached hydrogen (secondary N) is 1. The number of benzene rings is 1. The average molecular weight is 301 g/mol. The Bertz CT molecular complexity index is 744. The Morgan fingerprint density at radius 3 is 2.81 bits per heavy atom. The van der Waals surface area contributed by atoms with E-state index < -0.39 is 0 Å². The predicted molar refractivity (Wildman–Crippen MR) is 78.9 cm³/mol. The van der Waals surface area contributed by atoms with E-state index in [9.17, 15) is 0 Å². The van der Waals surface area contributed by atoms with Crippen LogP contribution in [-0.2, 0) is 7.05 Å². The molecule has 0 bridgehead atoms. The Morgan fingerprint density at radius 2 is 2.10 bits per heavy atom. The van der Waals surface area contributed by atoms with Crippen LogP contribution < -0.4 is 10.1 Å². The van der Waals surface area contributed by atoms with Gasteiger partial charge in [-0.25, -0.2) is 4.98 Å². The fourth-order valence-electron chi connectivity index (χ4n) is 1.63. The summed E-state index contributed by atoms with van der Waals surface area (Å²) in [6, 6.07) is 11.8. The van der Waals surface area contributed by atoms with Crippen LogP contribution in [0.3, 0.4) is 0 Å². The normalized spacial score (nSPS) is 10.4. The maximum absolute atomic E-state index is 6.05. The van der Waals surface area contributed by atoms with Crippen LogP contribution in [-0.4, -0.2) is 19.7 Å². The summed E-state index contributed by atoms with van der Waals surface area (Å²) in [4.78, 5) is 8.33. The first-order chi connectivity index (χ1) is 10.2. The third-order valence-corrected chi connectivity index (χ3v) is 2.83. The summed E-state index contributed by atoms with van der Waals surface area (Å²) < 4.78 is 7.30. The van der Waals surface area contributed by atoms with Gasteiger partial charge in [-0.15, -0.1) is 0 Å². The molecule has 1 N–H and O–H groups in total. The molecule has 1 aromatic carbocycles. The molecule has 21 heavy (non-hydrogen) atoms. The molecular weight excluding hydrogens is 290 g/mol. The molecule has 0 aliphatic carbocycles. The molecule has 0 aliphatic heterocycles. The standard InChI is InChI=1S/C14H11ClN5O/c1-20-8-7-12(19-20)17-14-16-9-11(15)13(18-14)21-10-5-3-2-4-6-10/h3-9H,1H3,(H,16,17,18,19). The average Bonchev–Trinajstić information content (AvgIpc) is 2.89. The molecule has 0 atom stereocenters. The van der Waals surface area contributed by atoms with Crippen LogP contribution in [0.25, 0.3) is 0 Å². The van der Waals surface area contributed by atoms with E-state index in [-0.39, 0.29) is 5.88 Å². The van der Waals surface area contributed by atoms with Gasteiger partial charge in [0.15, 0.2) is 5.82 Å². The minimum atomic E-state index is 0.274. The van der Waals surface area contributed by atoms with Crippen molar-refractivity contribution < 1.29 is 4.74 Å². The van der Waals surface area contributed by atoms with Gasteiger partial charge < -0.3 is 10.1 Å². The lowest BCUT2D eigenvalue weighted by Gasteiger charge is -2.08. The summed E-state index contributed by atoms with van der Waals surface area (Å²) >= 11 is 6.05. The van der Waals surface area contributed by atoms with Crippen LogP contribution in [0.5, 0.6) is 11.6 Å². The van der Waals surface area contributed by atoms with Crippen molar-refractivity contribution in [3.05, 3.63) is 53.8 Å². The zero-order valence-electron chi connectivity index (χ0n) is 11.1. The first-order valence-electron chi connectivity index (χ1n) is 6.14. The van der Waals surface area contributed by atoms with Crippen LogP contribution in [0.2, 0.25) is 5.02 Å². The number of hydrogen-bond acceptors (Lipinski definition) is 5. The van der Waals surface area contributed by atoms with Crippen molar-refractivity contribution in [3.63, 3.8) is 0 Å². The second-order valence-corrected chi connectivity index (χ2v) is 4.59. The Balaban J connectivity index is 1.82. The van der Waals surface area contributed by atoms with Crippen LogP contribution in [0.15, 0.2) is 42.7 Å². The van der Waals surface area contributed by atoms with Crippen LogP contribution in [0.4, 0.5) is 11.8 Å². The summed E-state index contributed by atoms with van der Waals surface area (Å²) in [7, 11) is 1.83. The molecule has 0 fully saturated rings. The molecule has 0 saturated carbocycles. The highest BCUT2D eigenvalue weighted by molar-refractivity contribution is 6.31. The van der Waals surface area contributed by atoms with Crippen molar-refractivity contribution in [2.75, 3.05) is 5.32 Å². The second-order valence-electron chi connectivity index (χ2n) is 4.18. The van der Waals surface area contributed by atoms with E-state index >= 15 is 0 Å². The SMILES string of the molecule is Cn1ccc(Nc2ncc(Cl)c(Oc3cc[c]cc3)n2)n1. The van der Waals surface area contributed by atoms with E-state index in [0.29, 0.717) is 22.5 Å². The Labute approximate surface area is 126 Å². The van der Waals surface area contributed by atoms with Crippen LogP contribution in [0, 0.1) is 6.07 Å². The number of halogens is 1. The zero-order chi connectivity index (χ0) is 14.7. The minimum Gasteiger partial charge on any atom is -0.437 e. The predicted octanol–water partition coefficient (Wildman–Crippen LogP) is 3.20. The van der Waals surface area contributed by atoms with E-state index in [1.54, 1.807) is 28.9 Å². The molecule has 3 aromatic rings. The van der Waals surface area contributed by atoms with Gasteiger partial charge in [-0.3, -0.25) is 4.68 Å². The lowest BCUT2D eigenvalue weighted by atomic mass is 10.3. The van der Waals surface area contributed by atoms with E-state index in [1.165, 1.54) is 6.20 Å². The zero-order valence-corrected chi connectivity index (χ0v) is 11.9. The van der Waals surface area contributed by atoms with E-state index in [1.807, 2.05) is 19.3 Å². The van der Waals surface area contributed by atoms with Gasteiger partial charge in [0.25, 0.3) is 0 Å². The molecule has 6 nitrogen and oxygen atoms in total. The van der Waals surface area contributed by atoms with Crippen molar-refractivity contribution >= 4 is 23.4 Å². The van der Waals surface area contributed by atoms with Crippen molar-refractivity contribution in [1.82, 2.24) is 19.7 Å². The third-order valence-electron chi connectivity index (χ3n) is 2.57. The number of rotatable bonds is 4. The fourth-order valence-corrected chi connectivity index (χ4v) is 1.76. The highest BCUT2D eigenvalue weighted by atomic mass is 35.5. The van der Waals surface area contributed by atoms with Gasteiger partial charge >= 0.3 is 0 Å². The number of ether oxygens (including phenoxy) is 1. The van der Waals surface area contributed by atoms with E-state index in [4.69, 9.17) is 16.3 Å². The molecule has 7 heteroatoms. The summed E-state index contributed by atoms with van der Waals surface area (Å²) in [5, 5.41) is 7.50. The van der Waals surface area contributed by atoms with Gasteiger partial charge in [0.1, 0.15) is 10.8 Å². The van der Waals surface area contributed by atoms with E-state index in [2.05, 4.69) is 26.4 Å². The monoisotopic (exact) mass is 300 g/mol. The smallest absolute Gasteiger partial charge is 0.243 e. The molecule has 1 radical (unpaired) electrons. The van der Waals surface area contributed by atoms with Crippen LogP contribution >= 0.6 is 11.6 Å². The van der Waals surface area contributed by atoms with Crippen molar-refractivity contribution in [3.8, 4) is 11.6 Å². The minimum absolute atomic E-state index is 0.274. The topological polar surface area (TPSA) is 64.9 Å². The molecule has 105 valence electrons. The fraction of sp³-hybridized carbons (Fsp3) is 0.0714. The Kier molecular flexibility index (Phi) is 3.70. The first kappa shape index (κ1) is 13.4. The summed E-state index contributed by atoms with van der Waals surface area (Å²) in [5.41, 5.74) is 0. The van der Waals surface area contributed by atoms with Crippen molar-refractivity contribution in [1.29, 1.82) is 0 Å². The highest BCUT2D eigenvalue weighted by Crippen LogP contribution is 2.27. The molecule has 0 spiro atoms. The largest absolute Gasteiger partial charge is 0.437 e. The third kappa shape index (κ3) is 3.29. The van der Waals surface area contributed by atoms with Crippen LogP contribution in [0.1, 0.15) is 0 Å². The van der Waals surface area contributed by atoms with Crippen molar-refractivity contribution in [2.45, 2.75) is 0 Å². The molecule has 2 aromatic heterocycles. The molecule has 0 aliphatic rings. The molecule has 0 amide bonds. The number of hydrogen-bond donors (Lipinski definition) is 1. The summed E-state index contributed by atoms with van der Waals surface area (Å²) in [6.45, 7) is 0. The van der Waals surface area contributed by atoms with Gasteiger partial charge in [-0.1, -0.05) is 23.7 Å². The van der Waals surface area contributed by atoms with Gasteiger partial charge in [0.2, 0.25) is 11.8 Å². The number of nitrogens with zero attached hydrogens (tertiary/aromatic N) is 4. The maximum atomic E-state index is 6.05. The molecule has 0 saturated heterocycles. The molecule has 2 heterocycles. The summed E-state index contributed by atoms with van der Waals surface area (Å²) in [6.07, 6.45) is 3.29. The Hall–Kier alpha value is -2.60. The number of aromatic nitrogens is 4. The Morgan fingerprint density at radius 1 is 1.29 bits per heavy atom. The van der Waals surface area contributed by atoms with Gasteiger partial charge in [0, 0.05) is 19.3 Å². The van der Waals surface area contributed by atoms with Gasteiger partial charge in [-0.05, 0) is 18.2 Å². The maximum Gasteiger partial charge on any atom is 0.243 e. The first-order valence-corrected chi connectivity index (χ1v) is 6.52.